The molecule has 0 aliphatic rings. The third-order valence-electron chi connectivity index (χ3n) is 3.47. The molecule has 1 N–H and O–H groups in total. The Kier molecular flexibility index (Phi) is 5.40. The standard InChI is InChI=1S/C18H17ClN2O3S/c1-11(23-14-5-3-13(19)4-6-14)18(22)20-9-15-7-8-17(24-15)16-10-25-12(2)21-16/h3-8,10-11H,9H2,1-2H3,(H,20,22)/t11-/m1/s1. The quantitative estimate of drug-likeness (QED) is 0.690. The fourth-order valence-electron chi connectivity index (χ4n) is 2.18. The van der Waals surface area contributed by atoms with Crippen molar-refractivity contribution in [3.05, 3.63) is 57.6 Å². The highest BCUT2D eigenvalue weighted by atomic mass is 35.5. The highest BCUT2D eigenvalue weighted by Crippen LogP contribution is 2.23. The second-order valence-corrected chi connectivity index (χ2v) is 6.95. The smallest absolute Gasteiger partial charge is 0.261 e. The van der Waals surface area contributed by atoms with Crippen molar-refractivity contribution in [2.45, 2.75) is 26.5 Å². The molecule has 1 atom stereocenters. The van der Waals surface area contributed by atoms with Crippen LogP contribution in [0.4, 0.5) is 0 Å². The van der Waals surface area contributed by atoms with Crippen molar-refractivity contribution in [2.75, 3.05) is 0 Å². The topological polar surface area (TPSA) is 64.4 Å². The molecule has 0 radical (unpaired) electrons. The molecule has 0 saturated carbocycles. The number of hydrogen-bond donors (Lipinski definition) is 1. The van der Waals surface area contributed by atoms with Gasteiger partial charge in [0.1, 0.15) is 17.2 Å². The van der Waals surface area contributed by atoms with Crippen molar-refractivity contribution in [1.82, 2.24) is 10.3 Å². The van der Waals surface area contributed by atoms with E-state index < -0.39 is 6.10 Å². The molecular weight excluding hydrogens is 360 g/mol. The Bertz CT molecular complexity index is 857. The van der Waals surface area contributed by atoms with Crippen molar-refractivity contribution < 1.29 is 13.9 Å². The summed E-state index contributed by atoms with van der Waals surface area (Å²) in [6.07, 6.45) is -0.628. The van der Waals surface area contributed by atoms with Gasteiger partial charge < -0.3 is 14.5 Å². The largest absolute Gasteiger partial charge is 0.481 e. The zero-order valence-corrected chi connectivity index (χ0v) is 15.4. The maximum Gasteiger partial charge on any atom is 0.261 e. The summed E-state index contributed by atoms with van der Waals surface area (Å²) >= 11 is 7.39. The van der Waals surface area contributed by atoms with Crippen LogP contribution in [0.1, 0.15) is 17.7 Å². The monoisotopic (exact) mass is 376 g/mol. The third-order valence-corrected chi connectivity index (χ3v) is 4.49. The Morgan fingerprint density at radius 1 is 1.32 bits per heavy atom. The molecule has 7 heteroatoms. The summed E-state index contributed by atoms with van der Waals surface area (Å²) in [7, 11) is 0. The average Bonchev–Trinajstić information content (AvgIpc) is 3.23. The number of halogens is 1. The minimum absolute atomic E-state index is 0.225. The van der Waals surface area contributed by atoms with E-state index in [4.69, 9.17) is 20.8 Å². The van der Waals surface area contributed by atoms with Crippen LogP contribution in [0.3, 0.4) is 0 Å². The van der Waals surface area contributed by atoms with E-state index in [1.165, 1.54) is 0 Å². The van der Waals surface area contributed by atoms with Crippen molar-refractivity contribution >= 4 is 28.8 Å². The number of nitrogens with one attached hydrogen (secondary N) is 1. The maximum atomic E-state index is 12.2. The van der Waals surface area contributed by atoms with Crippen LogP contribution in [0.15, 0.2) is 46.2 Å². The Hall–Kier alpha value is -2.31. The van der Waals surface area contributed by atoms with Gasteiger partial charge in [0.2, 0.25) is 0 Å². The summed E-state index contributed by atoms with van der Waals surface area (Å²) < 4.78 is 11.3. The SMILES string of the molecule is Cc1nc(-c2ccc(CNC(=O)[C@@H](C)Oc3ccc(Cl)cc3)o2)cs1. The fourth-order valence-corrected chi connectivity index (χ4v) is 2.90. The van der Waals surface area contributed by atoms with Gasteiger partial charge in [0, 0.05) is 10.4 Å². The molecule has 0 aliphatic heterocycles. The van der Waals surface area contributed by atoms with E-state index in [9.17, 15) is 4.79 Å². The lowest BCUT2D eigenvalue weighted by atomic mass is 10.3. The molecule has 0 aliphatic carbocycles. The Morgan fingerprint density at radius 2 is 2.08 bits per heavy atom. The second-order valence-electron chi connectivity index (χ2n) is 5.45. The first-order valence-corrected chi connectivity index (χ1v) is 8.98. The number of carbonyl (C=O) groups excluding carboxylic acids is 1. The van der Waals surface area contributed by atoms with Gasteiger partial charge in [-0.3, -0.25) is 4.79 Å². The normalized spacial score (nSPS) is 12.0. The number of benzene rings is 1. The van der Waals surface area contributed by atoms with E-state index in [0.717, 1.165) is 10.7 Å². The van der Waals surface area contributed by atoms with E-state index in [1.54, 1.807) is 42.5 Å². The number of ether oxygens (including phenoxy) is 1. The van der Waals surface area contributed by atoms with Crippen LogP contribution in [0.2, 0.25) is 5.02 Å². The summed E-state index contributed by atoms with van der Waals surface area (Å²) in [5.74, 6) is 1.72. The van der Waals surface area contributed by atoms with Crippen molar-refractivity contribution in [2.24, 2.45) is 0 Å². The average molecular weight is 377 g/mol. The van der Waals surface area contributed by atoms with Crippen molar-refractivity contribution in [3.63, 3.8) is 0 Å². The summed E-state index contributed by atoms with van der Waals surface area (Å²) in [6.45, 7) is 3.92. The van der Waals surface area contributed by atoms with Crippen LogP contribution >= 0.6 is 22.9 Å². The van der Waals surface area contributed by atoms with E-state index in [1.807, 2.05) is 24.4 Å². The van der Waals surface area contributed by atoms with Crippen molar-refractivity contribution in [1.29, 1.82) is 0 Å². The number of rotatable bonds is 6. The van der Waals surface area contributed by atoms with E-state index in [2.05, 4.69) is 10.3 Å². The number of amides is 1. The molecule has 1 aromatic carbocycles. The minimum atomic E-state index is -0.628. The van der Waals surface area contributed by atoms with Gasteiger partial charge in [0.05, 0.1) is 11.6 Å². The minimum Gasteiger partial charge on any atom is -0.481 e. The number of aromatic nitrogens is 1. The van der Waals surface area contributed by atoms with Gasteiger partial charge in [-0.05, 0) is 50.2 Å². The Balaban J connectivity index is 1.53. The number of thiazole rings is 1. The van der Waals surface area contributed by atoms with Crippen LogP contribution in [-0.2, 0) is 11.3 Å². The molecule has 25 heavy (non-hydrogen) atoms. The molecule has 5 nitrogen and oxygen atoms in total. The van der Waals surface area contributed by atoms with E-state index in [0.29, 0.717) is 22.3 Å². The summed E-state index contributed by atoms with van der Waals surface area (Å²) in [5.41, 5.74) is 0.805. The summed E-state index contributed by atoms with van der Waals surface area (Å²) in [5, 5.41) is 6.34. The van der Waals surface area contributed by atoms with Gasteiger partial charge >= 0.3 is 0 Å². The first-order chi connectivity index (χ1) is 12.0. The molecule has 2 aromatic heterocycles. The number of carbonyl (C=O) groups is 1. The first kappa shape index (κ1) is 17.5. The molecule has 0 saturated heterocycles. The second kappa shape index (κ2) is 7.72. The zero-order chi connectivity index (χ0) is 17.8. The van der Waals surface area contributed by atoms with Gasteiger partial charge in [-0.1, -0.05) is 11.6 Å². The number of hydrogen-bond acceptors (Lipinski definition) is 5. The lowest BCUT2D eigenvalue weighted by Crippen LogP contribution is -2.35. The molecule has 130 valence electrons. The molecule has 1 amide bonds. The Labute approximate surface area is 154 Å². The fraction of sp³-hybridized carbons (Fsp3) is 0.222. The molecule has 3 rings (SSSR count). The van der Waals surface area contributed by atoms with Crippen molar-refractivity contribution in [3.8, 4) is 17.2 Å². The van der Waals surface area contributed by atoms with Gasteiger partial charge in [-0.15, -0.1) is 11.3 Å². The van der Waals surface area contributed by atoms with Gasteiger partial charge in [-0.2, -0.15) is 0 Å². The maximum absolute atomic E-state index is 12.2. The molecule has 0 bridgehead atoms. The van der Waals surface area contributed by atoms with Gasteiger partial charge in [0.15, 0.2) is 11.9 Å². The molecule has 0 unspecified atom stereocenters. The lowest BCUT2D eigenvalue weighted by Gasteiger charge is -2.14. The molecule has 2 heterocycles. The predicted octanol–water partition coefficient (Wildman–Crippen LogP) is 4.45. The number of aryl methyl sites for hydroxylation is 1. The molecule has 0 spiro atoms. The third kappa shape index (κ3) is 4.61. The summed E-state index contributed by atoms with van der Waals surface area (Å²) in [6, 6.07) is 10.6. The first-order valence-electron chi connectivity index (χ1n) is 7.72. The highest BCUT2D eigenvalue weighted by Gasteiger charge is 2.15. The highest BCUT2D eigenvalue weighted by molar-refractivity contribution is 7.09. The van der Waals surface area contributed by atoms with Crippen LogP contribution in [0.5, 0.6) is 5.75 Å². The molecule has 3 aromatic rings. The predicted molar refractivity (Wildman–Crippen MR) is 97.9 cm³/mol. The lowest BCUT2D eigenvalue weighted by molar-refractivity contribution is -0.127. The van der Waals surface area contributed by atoms with Gasteiger partial charge in [0.25, 0.3) is 5.91 Å². The Morgan fingerprint density at radius 3 is 2.76 bits per heavy atom. The van der Waals surface area contributed by atoms with Crippen LogP contribution in [-0.4, -0.2) is 17.0 Å². The number of nitrogens with zero attached hydrogens (tertiary/aromatic N) is 1. The van der Waals surface area contributed by atoms with Gasteiger partial charge in [-0.25, -0.2) is 4.98 Å². The van der Waals surface area contributed by atoms with E-state index >= 15 is 0 Å². The number of furan rings is 1. The van der Waals surface area contributed by atoms with Crippen LogP contribution in [0.25, 0.3) is 11.5 Å². The molecular formula is C18H17ClN2O3S. The zero-order valence-electron chi connectivity index (χ0n) is 13.8. The van der Waals surface area contributed by atoms with Crippen LogP contribution in [0, 0.1) is 6.92 Å². The van der Waals surface area contributed by atoms with Crippen LogP contribution < -0.4 is 10.1 Å². The summed E-state index contributed by atoms with van der Waals surface area (Å²) in [4.78, 5) is 16.5. The van der Waals surface area contributed by atoms with E-state index in [-0.39, 0.29) is 12.5 Å². The molecule has 0 fully saturated rings.